The molecule has 0 spiro atoms. The second-order valence-electron chi connectivity index (χ2n) is 5.74. The number of benzene rings is 1. The number of rotatable bonds is 4. The van der Waals surface area contributed by atoms with Crippen LogP contribution in [0.25, 0.3) is 0 Å². The molecule has 0 radical (unpaired) electrons. The van der Waals surface area contributed by atoms with E-state index in [1.54, 1.807) is 24.4 Å². The van der Waals surface area contributed by atoms with Crippen molar-refractivity contribution in [1.29, 1.82) is 0 Å². The van der Waals surface area contributed by atoms with Crippen LogP contribution in [0.3, 0.4) is 0 Å². The molecule has 0 unspecified atom stereocenters. The molecule has 0 bridgehead atoms. The molecule has 0 aliphatic carbocycles. The summed E-state index contributed by atoms with van der Waals surface area (Å²) in [7, 11) is -1.78. The molecular formula is C16H15BN2O5. The summed E-state index contributed by atoms with van der Waals surface area (Å²) in [6.45, 7) is 0.202. The SMILES string of the molecule is O=Cc1cc(C(=O)N2CC(O)(c3ccccn3)C2)ccc1B(O)O. The first-order valence-electron chi connectivity index (χ1n) is 7.33. The fourth-order valence-corrected chi connectivity index (χ4v) is 2.76. The molecule has 1 amide bonds. The van der Waals surface area contributed by atoms with Crippen LogP contribution < -0.4 is 5.46 Å². The van der Waals surface area contributed by atoms with E-state index in [4.69, 9.17) is 0 Å². The van der Waals surface area contributed by atoms with Crippen molar-refractivity contribution in [2.24, 2.45) is 0 Å². The molecule has 1 aliphatic rings. The van der Waals surface area contributed by atoms with E-state index in [-0.39, 0.29) is 35.6 Å². The predicted molar refractivity (Wildman–Crippen MR) is 85.7 cm³/mol. The van der Waals surface area contributed by atoms with E-state index in [2.05, 4.69) is 4.98 Å². The topological polar surface area (TPSA) is 111 Å². The van der Waals surface area contributed by atoms with Crippen molar-refractivity contribution in [3.8, 4) is 0 Å². The van der Waals surface area contributed by atoms with Crippen molar-refractivity contribution < 1.29 is 24.7 Å². The van der Waals surface area contributed by atoms with Crippen molar-refractivity contribution in [2.45, 2.75) is 5.60 Å². The number of carbonyl (C=O) groups excluding carboxylic acids is 2. The van der Waals surface area contributed by atoms with Gasteiger partial charge in [0.15, 0.2) is 0 Å². The molecule has 0 atom stereocenters. The van der Waals surface area contributed by atoms with Crippen LogP contribution in [0, 0.1) is 0 Å². The summed E-state index contributed by atoms with van der Waals surface area (Å²) in [5.41, 5.74) is -0.358. The zero-order valence-corrected chi connectivity index (χ0v) is 12.7. The van der Waals surface area contributed by atoms with Crippen LogP contribution in [-0.2, 0) is 5.60 Å². The number of aliphatic hydroxyl groups is 1. The smallest absolute Gasteiger partial charge is 0.423 e. The monoisotopic (exact) mass is 326 g/mol. The fraction of sp³-hybridized carbons (Fsp3) is 0.188. The van der Waals surface area contributed by atoms with E-state index < -0.39 is 12.7 Å². The first-order chi connectivity index (χ1) is 11.4. The van der Waals surface area contributed by atoms with Gasteiger partial charge in [0, 0.05) is 17.3 Å². The number of likely N-dealkylation sites (tertiary alicyclic amines) is 1. The molecule has 1 fully saturated rings. The molecule has 3 N–H and O–H groups in total. The number of β-amino-alcohol motifs (C(OH)–C–C–N with tert-alkyl or cyclic N) is 1. The van der Waals surface area contributed by atoms with Gasteiger partial charge in [0.25, 0.3) is 5.91 Å². The highest BCUT2D eigenvalue weighted by molar-refractivity contribution is 6.60. The molecule has 2 heterocycles. The Kier molecular flexibility index (Phi) is 4.19. The summed E-state index contributed by atoms with van der Waals surface area (Å²) in [6, 6.07) is 9.26. The van der Waals surface area contributed by atoms with Gasteiger partial charge in [-0.15, -0.1) is 0 Å². The number of nitrogens with zero attached hydrogens (tertiary/aromatic N) is 2. The van der Waals surface area contributed by atoms with Crippen LogP contribution in [0.2, 0.25) is 0 Å². The van der Waals surface area contributed by atoms with E-state index in [0.717, 1.165) is 0 Å². The highest BCUT2D eigenvalue weighted by atomic mass is 16.4. The normalized spacial score (nSPS) is 15.5. The van der Waals surface area contributed by atoms with Crippen molar-refractivity contribution in [3.63, 3.8) is 0 Å². The molecule has 0 saturated carbocycles. The van der Waals surface area contributed by atoms with E-state index in [1.165, 1.54) is 23.1 Å². The number of aromatic nitrogens is 1. The minimum atomic E-state index is -1.78. The standard InChI is InChI=1S/C16H15BN2O5/c20-8-12-7-11(4-5-13(12)17(23)24)15(21)19-9-16(22,10-19)14-3-1-2-6-18-14/h1-8,22-24H,9-10H2. The molecule has 1 aromatic carbocycles. The number of hydrogen-bond acceptors (Lipinski definition) is 6. The minimum Gasteiger partial charge on any atom is -0.423 e. The molecule has 3 rings (SSSR count). The van der Waals surface area contributed by atoms with E-state index >= 15 is 0 Å². The van der Waals surface area contributed by atoms with Gasteiger partial charge in [-0.25, -0.2) is 0 Å². The van der Waals surface area contributed by atoms with Crippen LogP contribution in [0.15, 0.2) is 42.6 Å². The van der Waals surface area contributed by atoms with Gasteiger partial charge in [-0.1, -0.05) is 12.1 Å². The van der Waals surface area contributed by atoms with E-state index in [9.17, 15) is 24.7 Å². The molecule has 2 aromatic rings. The van der Waals surface area contributed by atoms with Crippen molar-refractivity contribution >= 4 is 24.8 Å². The zero-order valence-electron chi connectivity index (χ0n) is 12.7. The Labute approximate surface area is 138 Å². The van der Waals surface area contributed by atoms with E-state index in [1.807, 2.05) is 0 Å². The Balaban J connectivity index is 1.76. The predicted octanol–water partition coefficient (Wildman–Crippen LogP) is -1.08. The summed E-state index contributed by atoms with van der Waals surface area (Å²) < 4.78 is 0. The first kappa shape index (κ1) is 16.3. The molecule has 1 aliphatic heterocycles. The second kappa shape index (κ2) is 6.16. The molecule has 1 saturated heterocycles. The lowest BCUT2D eigenvalue weighted by molar-refractivity contribution is -0.0892. The number of aldehydes is 1. The minimum absolute atomic E-state index is 0.0372. The Morgan fingerprint density at radius 2 is 2.00 bits per heavy atom. The van der Waals surface area contributed by atoms with Crippen LogP contribution >= 0.6 is 0 Å². The third kappa shape index (κ3) is 2.82. The second-order valence-corrected chi connectivity index (χ2v) is 5.74. The third-order valence-electron chi connectivity index (χ3n) is 4.07. The van der Waals surface area contributed by atoms with Gasteiger partial charge in [-0.05, 0) is 29.7 Å². The van der Waals surface area contributed by atoms with Gasteiger partial charge in [0.05, 0.1) is 18.8 Å². The van der Waals surface area contributed by atoms with Gasteiger partial charge >= 0.3 is 7.12 Å². The van der Waals surface area contributed by atoms with Gasteiger partial charge in [-0.2, -0.15) is 0 Å². The highest BCUT2D eigenvalue weighted by Crippen LogP contribution is 2.31. The summed E-state index contributed by atoms with van der Waals surface area (Å²) in [5.74, 6) is -0.349. The van der Waals surface area contributed by atoms with Crippen LogP contribution in [0.1, 0.15) is 26.4 Å². The van der Waals surface area contributed by atoms with Crippen molar-refractivity contribution in [1.82, 2.24) is 9.88 Å². The number of hydrogen-bond donors (Lipinski definition) is 3. The Hall–Kier alpha value is -2.55. The van der Waals surface area contributed by atoms with Crippen LogP contribution in [0.4, 0.5) is 0 Å². The Bertz CT molecular complexity index is 775. The zero-order chi connectivity index (χ0) is 17.3. The Morgan fingerprint density at radius 1 is 1.25 bits per heavy atom. The third-order valence-corrected chi connectivity index (χ3v) is 4.07. The molecule has 24 heavy (non-hydrogen) atoms. The maximum absolute atomic E-state index is 12.4. The average Bonchev–Trinajstić information content (AvgIpc) is 2.58. The van der Waals surface area contributed by atoms with Crippen LogP contribution in [0.5, 0.6) is 0 Å². The molecule has 7 nitrogen and oxygen atoms in total. The maximum Gasteiger partial charge on any atom is 0.489 e. The summed E-state index contributed by atoms with van der Waals surface area (Å²) in [5, 5.41) is 28.9. The lowest BCUT2D eigenvalue weighted by atomic mass is 9.76. The molecule has 8 heteroatoms. The number of amides is 1. The lowest BCUT2D eigenvalue weighted by Crippen LogP contribution is -2.61. The summed E-state index contributed by atoms with van der Waals surface area (Å²) in [4.78, 5) is 29.0. The lowest BCUT2D eigenvalue weighted by Gasteiger charge is -2.46. The number of carbonyl (C=O) groups is 2. The van der Waals surface area contributed by atoms with Gasteiger partial charge in [-0.3, -0.25) is 14.6 Å². The molecule has 1 aromatic heterocycles. The van der Waals surface area contributed by atoms with Gasteiger partial charge < -0.3 is 20.1 Å². The molecular weight excluding hydrogens is 311 g/mol. The first-order valence-corrected chi connectivity index (χ1v) is 7.33. The van der Waals surface area contributed by atoms with E-state index in [0.29, 0.717) is 12.0 Å². The van der Waals surface area contributed by atoms with Gasteiger partial charge in [0.2, 0.25) is 0 Å². The van der Waals surface area contributed by atoms with Crippen molar-refractivity contribution in [3.05, 3.63) is 59.4 Å². The average molecular weight is 326 g/mol. The highest BCUT2D eigenvalue weighted by Gasteiger charge is 2.46. The summed E-state index contributed by atoms with van der Waals surface area (Å²) >= 11 is 0. The molecule has 122 valence electrons. The maximum atomic E-state index is 12.4. The Morgan fingerprint density at radius 3 is 2.58 bits per heavy atom. The number of pyridine rings is 1. The van der Waals surface area contributed by atoms with Crippen LogP contribution in [-0.4, -0.2) is 57.4 Å². The quantitative estimate of drug-likeness (QED) is 0.487. The van der Waals surface area contributed by atoms with Crippen molar-refractivity contribution in [2.75, 3.05) is 13.1 Å². The van der Waals surface area contributed by atoms with Gasteiger partial charge in [0.1, 0.15) is 11.9 Å². The largest absolute Gasteiger partial charge is 0.489 e. The fourth-order valence-electron chi connectivity index (χ4n) is 2.76. The summed E-state index contributed by atoms with van der Waals surface area (Å²) in [6.07, 6.45) is 2.04.